The Labute approximate surface area is 120 Å². The molecule has 104 valence electrons. The van der Waals surface area contributed by atoms with Crippen LogP contribution in [0.25, 0.3) is 0 Å². The molecule has 0 saturated heterocycles. The lowest BCUT2D eigenvalue weighted by molar-refractivity contribution is 0.461. The lowest BCUT2D eigenvalue weighted by Crippen LogP contribution is -1.98. The molecule has 0 heterocycles. The largest absolute Gasteiger partial charge is 0.507 e. The predicted octanol–water partition coefficient (Wildman–Crippen LogP) is 4.65. The molecule has 0 bridgehead atoms. The summed E-state index contributed by atoms with van der Waals surface area (Å²) in [5.41, 5.74) is 3.81. The van der Waals surface area contributed by atoms with Gasteiger partial charge in [0.2, 0.25) is 0 Å². The summed E-state index contributed by atoms with van der Waals surface area (Å²) in [6.45, 7) is 6.35. The van der Waals surface area contributed by atoms with Crippen LogP contribution < -0.4 is 0 Å². The van der Waals surface area contributed by atoms with Crippen LogP contribution in [0, 0.1) is 12.8 Å². The number of phenolic OH excluding ortho intramolecular Hbond substituents is 1. The Hall–Kier alpha value is -2.09. The average molecular weight is 267 g/mol. The highest BCUT2D eigenvalue weighted by molar-refractivity contribution is 5.86. The summed E-state index contributed by atoms with van der Waals surface area (Å²) < 4.78 is 0. The molecule has 2 nitrogen and oxygen atoms in total. The standard InChI is InChI=1S/C18H21NO/c1-13(2)9-15-10-14(3)11-16(18(15)20)12-19-17-7-5-4-6-8-17/h4-8,10-13,20H,9H2,1-3H3. The zero-order chi connectivity index (χ0) is 14.5. The third-order valence-electron chi connectivity index (χ3n) is 3.10. The lowest BCUT2D eigenvalue weighted by Gasteiger charge is -2.11. The van der Waals surface area contributed by atoms with Crippen LogP contribution in [0.5, 0.6) is 5.75 Å². The van der Waals surface area contributed by atoms with Crippen molar-refractivity contribution in [3.63, 3.8) is 0 Å². The van der Waals surface area contributed by atoms with Crippen molar-refractivity contribution in [2.75, 3.05) is 0 Å². The molecule has 0 aliphatic heterocycles. The normalized spacial score (nSPS) is 11.4. The van der Waals surface area contributed by atoms with Gasteiger partial charge in [-0.05, 0) is 48.6 Å². The van der Waals surface area contributed by atoms with E-state index in [0.29, 0.717) is 11.7 Å². The number of aromatic hydroxyl groups is 1. The molecule has 1 N–H and O–H groups in total. The zero-order valence-electron chi connectivity index (χ0n) is 12.3. The summed E-state index contributed by atoms with van der Waals surface area (Å²) in [7, 11) is 0. The van der Waals surface area contributed by atoms with Crippen LogP contribution in [0.15, 0.2) is 47.5 Å². The fraction of sp³-hybridized carbons (Fsp3) is 0.278. The van der Waals surface area contributed by atoms with Gasteiger partial charge in [0.1, 0.15) is 5.75 Å². The quantitative estimate of drug-likeness (QED) is 0.803. The number of rotatable bonds is 4. The Morgan fingerprint density at radius 3 is 2.50 bits per heavy atom. The van der Waals surface area contributed by atoms with E-state index in [1.54, 1.807) is 6.21 Å². The molecule has 0 saturated carbocycles. The number of para-hydroxylation sites is 1. The fourth-order valence-corrected chi connectivity index (χ4v) is 2.24. The fourth-order valence-electron chi connectivity index (χ4n) is 2.24. The number of hydrogen-bond acceptors (Lipinski definition) is 2. The third kappa shape index (κ3) is 3.70. The lowest BCUT2D eigenvalue weighted by atomic mass is 9.97. The monoisotopic (exact) mass is 267 g/mol. The van der Waals surface area contributed by atoms with Gasteiger partial charge in [-0.2, -0.15) is 0 Å². The van der Waals surface area contributed by atoms with Crippen LogP contribution in [-0.2, 0) is 6.42 Å². The minimum absolute atomic E-state index is 0.351. The van der Waals surface area contributed by atoms with Crippen molar-refractivity contribution in [3.05, 3.63) is 59.2 Å². The smallest absolute Gasteiger partial charge is 0.127 e. The van der Waals surface area contributed by atoms with Crippen molar-refractivity contribution < 1.29 is 5.11 Å². The second kappa shape index (κ2) is 6.38. The second-order valence-electron chi connectivity index (χ2n) is 5.55. The Balaban J connectivity index is 2.32. The topological polar surface area (TPSA) is 32.6 Å². The highest BCUT2D eigenvalue weighted by atomic mass is 16.3. The van der Waals surface area contributed by atoms with Crippen LogP contribution in [0.4, 0.5) is 5.69 Å². The van der Waals surface area contributed by atoms with Crippen LogP contribution in [0.2, 0.25) is 0 Å². The summed E-state index contributed by atoms with van der Waals surface area (Å²) in [6, 6.07) is 13.8. The number of aryl methyl sites for hydroxylation is 1. The van der Waals surface area contributed by atoms with Crippen molar-refractivity contribution in [2.45, 2.75) is 27.2 Å². The summed E-state index contributed by atoms with van der Waals surface area (Å²) in [4.78, 5) is 4.41. The van der Waals surface area contributed by atoms with E-state index in [4.69, 9.17) is 0 Å². The van der Waals surface area contributed by atoms with Gasteiger partial charge < -0.3 is 5.11 Å². The molecule has 0 aromatic heterocycles. The van der Waals surface area contributed by atoms with E-state index in [9.17, 15) is 5.11 Å². The van der Waals surface area contributed by atoms with Gasteiger partial charge in [-0.3, -0.25) is 4.99 Å². The molecule has 0 amide bonds. The summed E-state index contributed by atoms with van der Waals surface area (Å²) in [5.74, 6) is 0.866. The molecule has 0 spiro atoms. The van der Waals surface area contributed by atoms with Crippen molar-refractivity contribution in [1.82, 2.24) is 0 Å². The first-order valence-corrected chi connectivity index (χ1v) is 6.98. The maximum atomic E-state index is 10.3. The minimum atomic E-state index is 0.351. The highest BCUT2D eigenvalue weighted by Crippen LogP contribution is 2.26. The van der Waals surface area contributed by atoms with E-state index in [0.717, 1.165) is 28.8 Å². The maximum absolute atomic E-state index is 10.3. The van der Waals surface area contributed by atoms with E-state index < -0.39 is 0 Å². The predicted molar refractivity (Wildman–Crippen MR) is 85.1 cm³/mol. The first kappa shape index (κ1) is 14.3. The Morgan fingerprint density at radius 1 is 1.15 bits per heavy atom. The molecular weight excluding hydrogens is 246 g/mol. The van der Waals surface area contributed by atoms with E-state index in [1.165, 1.54) is 0 Å². The molecule has 2 rings (SSSR count). The van der Waals surface area contributed by atoms with Gasteiger partial charge in [0, 0.05) is 11.8 Å². The van der Waals surface area contributed by atoms with E-state index >= 15 is 0 Å². The number of phenols is 1. The SMILES string of the molecule is Cc1cc(C=Nc2ccccc2)c(O)c(CC(C)C)c1. The molecule has 20 heavy (non-hydrogen) atoms. The van der Waals surface area contributed by atoms with E-state index in [2.05, 4.69) is 24.9 Å². The van der Waals surface area contributed by atoms with Crippen LogP contribution in [0.3, 0.4) is 0 Å². The Morgan fingerprint density at radius 2 is 1.85 bits per heavy atom. The number of aliphatic imine (C=N–C) groups is 1. The molecule has 0 radical (unpaired) electrons. The zero-order valence-corrected chi connectivity index (χ0v) is 12.3. The van der Waals surface area contributed by atoms with Crippen molar-refractivity contribution in [2.24, 2.45) is 10.9 Å². The van der Waals surface area contributed by atoms with Crippen molar-refractivity contribution in [1.29, 1.82) is 0 Å². The second-order valence-corrected chi connectivity index (χ2v) is 5.55. The first-order chi connectivity index (χ1) is 9.56. The van der Waals surface area contributed by atoms with Crippen LogP contribution in [0.1, 0.15) is 30.5 Å². The van der Waals surface area contributed by atoms with Crippen LogP contribution in [-0.4, -0.2) is 11.3 Å². The molecule has 0 unspecified atom stereocenters. The van der Waals surface area contributed by atoms with E-state index in [1.807, 2.05) is 43.3 Å². The molecule has 2 aromatic rings. The molecular formula is C18H21NO. The van der Waals surface area contributed by atoms with Gasteiger partial charge in [0.25, 0.3) is 0 Å². The number of nitrogens with zero attached hydrogens (tertiary/aromatic N) is 1. The molecule has 0 atom stereocenters. The van der Waals surface area contributed by atoms with Gasteiger partial charge in [0.05, 0.1) is 5.69 Å². The summed E-state index contributed by atoms with van der Waals surface area (Å²) >= 11 is 0. The summed E-state index contributed by atoms with van der Waals surface area (Å²) in [5, 5.41) is 10.3. The van der Waals surface area contributed by atoms with Crippen molar-refractivity contribution in [3.8, 4) is 5.75 Å². The van der Waals surface area contributed by atoms with Crippen molar-refractivity contribution >= 4 is 11.9 Å². The molecule has 0 aliphatic carbocycles. The number of benzene rings is 2. The van der Waals surface area contributed by atoms with Gasteiger partial charge in [-0.25, -0.2) is 0 Å². The molecule has 0 aliphatic rings. The maximum Gasteiger partial charge on any atom is 0.127 e. The highest BCUT2D eigenvalue weighted by Gasteiger charge is 2.09. The number of hydrogen-bond donors (Lipinski definition) is 1. The van der Waals surface area contributed by atoms with Crippen LogP contribution >= 0.6 is 0 Å². The van der Waals surface area contributed by atoms with Gasteiger partial charge >= 0.3 is 0 Å². The van der Waals surface area contributed by atoms with Gasteiger partial charge in [-0.1, -0.05) is 38.1 Å². The molecule has 0 fully saturated rings. The Bertz CT molecular complexity index is 600. The molecule has 2 aromatic carbocycles. The van der Waals surface area contributed by atoms with Gasteiger partial charge in [-0.15, -0.1) is 0 Å². The van der Waals surface area contributed by atoms with E-state index in [-0.39, 0.29) is 0 Å². The summed E-state index contributed by atoms with van der Waals surface area (Å²) in [6.07, 6.45) is 2.61. The third-order valence-corrected chi connectivity index (χ3v) is 3.10. The average Bonchev–Trinajstić information content (AvgIpc) is 2.41. The molecule has 2 heteroatoms. The first-order valence-electron chi connectivity index (χ1n) is 6.98. The Kier molecular flexibility index (Phi) is 4.57. The van der Waals surface area contributed by atoms with Gasteiger partial charge in [0.15, 0.2) is 0 Å². The minimum Gasteiger partial charge on any atom is -0.507 e.